The SMILES string of the molecule is Cc1ccc(C(=O)NC(=S)Nc2cccc(Cl)c2N2CCOCC2)cc1. The summed E-state index contributed by atoms with van der Waals surface area (Å²) in [6, 6.07) is 12.9. The van der Waals surface area contributed by atoms with Gasteiger partial charge in [0.05, 0.1) is 29.6 Å². The van der Waals surface area contributed by atoms with Crippen LogP contribution in [-0.2, 0) is 4.74 Å². The Morgan fingerprint density at radius 3 is 2.54 bits per heavy atom. The molecule has 26 heavy (non-hydrogen) atoms. The van der Waals surface area contributed by atoms with E-state index in [0.717, 1.165) is 30.0 Å². The summed E-state index contributed by atoms with van der Waals surface area (Å²) in [6.45, 7) is 4.78. The molecule has 1 saturated heterocycles. The van der Waals surface area contributed by atoms with Crippen molar-refractivity contribution in [1.29, 1.82) is 0 Å². The van der Waals surface area contributed by atoms with Crippen LogP contribution >= 0.6 is 23.8 Å². The van der Waals surface area contributed by atoms with Crippen LogP contribution in [-0.4, -0.2) is 37.3 Å². The second-order valence-corrected chi connectivity index (χ2v) is 6.83. The zero-order valence-corrected chi connectivity index (χ0v) is 16.0. The molecule has 2 aromatic rings. The Bertz CT molecular complexity index is 805. The number of para-hydroxylation sites is 1. The number of anilines is 2. The van der Waals surface area contributed by atoms with E-state index in [2.05, 4.69) is 15.5 Å². The molecule has 1 heterocycles. The third kappa shape index (κ3) is 4.52. The topological polar surface area (TPSA) is 53.6 Å². The number of rotatable bonds is 3. The summed E-state index contributed by atoms with van der Waals surface area (Å²) in [5, 5.41) is 6.66. The third-order valence-electron chi connectivity index (χ3n) is 4.10. The van der Waals surface area contributed by atoms with Crippen molar-refractivity contribution in [3.05, 3.63) is 58.6 Å². The molecular weight excluding hydrogens is 370 g/mol. The fourth-order valence-corrected chi connectivity index (χ4v) is 3.26. The van der Waals surface area contributed by atoms with E-state index in [1.54, 1.807) is 12.1 Å². The van der Waals surface area contributed by atoms with E-state index in [0.29, 0.717) is 23.8 Å². The number of aryl methyl sites for hydroxylation is 1. The Balaban J connectivity index is 1.72. The lowest BCUT2D eigenvalue weighted by atomic mass is 10.1. The van der Waals surface area contributed by atoms with E-state index in [4.69, 9.17) is 28.6 Å². The van der Waals surface area contributed by atoms with Crippen LogP contribution in [0.2, 0.25) is 5.02 Å². The number of ether oxygens (including phenoxy) is 1. The van der Waals surface area contributed by atoms with Crippen LogP contribution in [0.4, 0.5) is 11.4 Å². The van der Waals surface area contributed by atoms with Crippen LogP contribution in [0.25, 0.3) is 0 Å². The largest absolute Gasteiger partial charge is 0.378 e. The molecule has 0 radical (unpaired) electrons. The number of nitrogens with one attached hydrogen (secondary N) is 2. The number of nitrogens with zero attached hydrogens (tertiary/aromatic N) is 1. The van der Waals surface area contributed by atoms with Crippen molar-refractivity contribution in [3.63, 3.8) is 0 Å². The normalized spacial score (nSPS) is 14.0. The zero-order chi connectivity index (χ0) is 18.5. The summed E-state index contributed by atoms with van der Waals surface area (Å²) in [4.78, 5) is 14.5. The first kappa shape index (κ1) is 18.6. The lowest BCUT2D eigenvalue weighted by Gasteiger charge is -2.31. The van der Waals surface area contributed by atoms with Gasteiger partial charge in [0.1, 0.15) is 0 Å². The van der Waals surface area contributed by atoms with Crippen molar-refractivity contribution in [2.45, 2.75) is 6.92 Å². The summed E-state index contributed by atoms with van der Waals surface area (Å²) in [6.07, 6.45) is 0. The summed E-state index contributed by atoms with van der Waals surface area (Å²) in [5.74, 6) is -0.252. The molecule has 0 unspecified atom stereocenters. The van der Waals surface area contributed by atoms with E-state index >= 15 is 0 Å². The molecule has 1 amide bonds. The lowest BCUT2D eigenvalue weighted by molar-refractivity contribution is 0.0977. The van der Waals surface area contributed by atoms with Crippen LogP contribution in [0.1, 0.15) is 15.9 Å². The molecule has 0 saturated carbocycles. The second-order valence-electron chi connectivity index (χ2n) is 6.01. The van der Waals surface area contributed by atoms with Crippen molar-refractivity contribution >= 4 is 46.2 Å². The average Bonchev–Trinajstić information content (AvgIpc) is 2.63. The predicted octanol–water partition coefficient (Wildman–Crippen LogP) is 3.61. The molecule has 2 N–H and O–H groups in total. The van der Waals surface area contributed by atoms with Gasteiger partial charge in [-0.15, -0.1) is 0 Å². The van der Waals surface area contributed by atoms with Gasteiger partial charge in [0.15, 0.2) is 5.11 Å². The Hall–Kier alpha value is -2.15. The molecule has 1 fully saturated rings. The summed E-state index contributed by atoms with van der Waals surface area (Å²) < 4.78 is 5.40. The number of carbonyl (C=O) groups is 1. The molecular formula is C19H20ClN3O2S. The summed E-state index contributed by atoms with van der Waals surface area (Å²) >= 11 is 11.7. The number of benzene rings is 2. The van der Waals surface area contributed by atoms with E-state index in [1.807, 2.05) is 37.3 Å². The highest BCUT2D eigenvalue weighted by Gasteiger charge is 2.19. The molecule has 1 aliphatic rings. The molecule has 136 valence electrons. The molecule has 0 aromatic heterocycles. The highest BCUT2D eigenvalue weighted by Crippen LogP contribution is 2.34. The first-order valence-electron chi connectivity index (χ1n) is 8.35. The maximum atomic E-state index is 12.3. The van der Waals surface area contributed by atoms with Gasteiger partial charge < -0.3 is 15.0 Å². The standard InChI is InChI=1S/C19H20ClN3O2S/c1-13-5-7-14(8-6-13)18(24)22-19(26)21-16-4-2-3-15(20)17(16)23-9-11-25-12-10-23/h2-8H,9-12H2,1H3,(H2,21,22,24,26). The van der Waals surface area contributed by atoms with Crippen LogP contribution in [0.3, 0.4) is 0 Å². The van der Waals surface area contributed by atoms with Gasteiger partial charge in [0.2, 0.25) is 0 Å². The van der Waals surface area contributed by atoms with Crippen molar-refractivity contribution in [1.82, 2.24) is 5.32 Å². The highest BCUT2D eigenvalue weighted by molar-refractivity contribution is 7.80. The van der Waals surface area contributed by atoms with Gasteiger partial charge in [-0.3, -0.25) is 10.1 Å². The van der Waals surface area contributed by atoms with E-state index in [9.17, 15) is 4.79 Å². The fourth-order valence-electron chi connectivity index (χ4n) is 2.76. The molecule has 7 heteroatoms. The van der Waals surface area contributed by atoms with Crippen molar-refractivity contribution in [3.8, 4) is 0 Å². The molecule has 2 aromatic carbocycles. The van der Waals surface area contributed by atoms with Crippen LogP contribution < -0.4 is 15.5 Å². The number of carbonyl (C=O) groups excluding carboxylic acids is 1. The van der Waals surface area contributed by atoms with Crippen molar-refractivity contribution in [2.75, 3.05) is 36.5 Å². The average molecular weight is 390 g/mol. The third-order valence-corrected chi connectivity index (χ3v) is 4.61. The minimum absolute atomic E-state index is 0.229. The number of hydrogen-bond acceptors (Lipinski definition) is 4. The van der Waals surface area contributed by atoms with Crippen molar-refractivity contribution in [2.24, 2.45) is 0 Å². The lowest BCUT2D eigenvalue weighted by Crippen LogP contribution is -2.38. The van der Waals surface area contributed by atoms with Gasteiger partial charge in [-0.25, -0.2) is 0 Å². The highest BCUT2D eigenvalue weighted by atomic mass is 35.5. The number of halogens is 1. The van der Waals surface area contributed by atoms with Gasteiger partial charge in [-0.05, 0) is 43.4 Å². The molecule has 0 spiro atoms. The molecule has 0 atom stereocenters. The Labute approximate surface area is 163 Å². The smallest absolute Gasteiger partial charge is 0.257 e. The number of amides is 1. The number of morpholine rings is 1. The first-order chi connectivity index (χ1) is 12.5. The summed E-state index contributed by atoms with van der Waals surface area (Å²) in [5.41, 5.74) is 3.27. The van der Waals surface area contributed by atoms with Crippen LogP contribution in [0.15, 0.2) is 42.5 Å². The van der Waals surface area contributed by atoms with Crippen LogP contribution in [0, 0.1) is 6.92 Å². The molecule has 5 nitrogen and oxygen atoms in total. The summed E-state index contributed by atoms with van der Waals surface area (Å²) in [7, 11) is 0. The van der Waals surface area contributed by atoms with Crippen LogP contribution in [0.5, 0.6) is 0 Å². The first-order valence-corrected chi connectivity index (χ1v) is 9.13. The number of hydrogen-bond donors (Lipinski definition) is 2. The van der Waals surface area contributed by atoms with Gasteiger partial charge in [-0.2, -0.15) is 0 Å². The minimum Gasteiger partial charge on any atom is -0.378 e. The fraction of sp³-hybridized carbons (Fsp3) is 0.263. The minimum atomic E-state index is -0.252. The maximum Gasteiger partial charge on any atom is 0.257 e. The van der Waals surface area contributed by atoms with E-state index < -0.39 is 0 Å². The van der Waals surface area contributed by atoms with Gasteiger partial charge in [0.25, 0.3) is 5.91 Å². The molecule has 0 bridgehead atoms. The maximum absolute atomic E-state index is 12.3. The van der Waals surface area contributed by atoms with Gasteiger partial charge in [-0.1, -0.05) is 35.4 Å². The monoisotopic (exact) mass is 389 g/mol. The van der Waals surface area contributed by atoms with E-state index in [1.165, 1.54) is 0 Å². The van der Waals surface area contributed by atoms with Crippen molar-refractivity contribution < 1.29 is 9.53 Å². The Morgan fingerprint density at radius 1 is 1.15 bits per heavy atom. The molecule has 3 rings (SSSR count). The number of thiocarbonyl (C=S) groups is 1. The Morgan fingerprint density at radius 2 is 1.85 bits per heavy atom. The quantitative estimate of drug-likeness (QED) is 0.785. The molecule has 0 aliphatic carbocycles. The zero-order valence-electron chi connectivity index (χ0n) is 14.4. The van der Waals surface area contributed by atoms with Gasteiger partial charge in [0, 0.05) is 18.7 Å². The molecule has 1 aliphatic heterocycles. The van der Waals surface area contributed by atoms with Gasteiger partial charge >= 0.3 is 0 Å². The second kappa shape index (κ2) is 8.49. The predicted molar refractivity (Wildman–Crippen MR) is 109 cm³/mol. The Kier molecular flexibility index (Phi) is 6.08. The van der Waals surface area contributed by atoms with E-state index in [-0.39, 0.29) is 11.0 Å².